The highest BCUT2D eigenvalue weighted by Gasteiger charge is 2.27. The fraction of sp³-hybridized carbons (Fsp3) is 0.273. The summed E-state index contributed by atoms with van der Waals surface area (Å²) in [6.45, 7) is 0. The molecule has 1 aliphatic rings. The summed E-state index contributed by atoms with van der Waals surface area (Å²) in [6, 6.07) is 3.37. The van der Waals surface area contributed by atoms with E-state index in [-0.39, 0.29) is 5.91 Å². The van der Waals surface area contributed by atoms with Crippen LogP contribution in [0, 0.1) is 0 Å². The van der Waals surface area contributed by atoms with Gasteiger partial charge >= 0.3 is 5.97 Å². The Balaban J connectivity index is 2.53. The lowest BCUT2D eigenvalue weighted by Crippen LogP contribution is -2.20. The quantitative estimate of drug-likeness (QED) is 0.738. The number of methoxy groups -OCH3 is 1. The van der Waals surface area contributed by atoms with Crippen LogP contribution < -0.4 is 4.90 Å². The Hall–Kier alpha value is -1.36. The van der Waals surface area contributed by atoms with Gasteiger partial charge in [-0.05, 0) is 33.6 Å². The van der Waals surface area contributed by atoms with E-state index >= 15 is 0 Å². The van der Waals surface area contributed by atoms with Gasteiger partial charge in [0.1, 0.15) is 0 Å². The molecule has 5 heteroatoms. The minimum atomic E-state index is -0.398. The van der Waals surface area contributed by atoms with Crippen LogP contribution in [0.15, 0.2) is 16.6 Å². The van der Waals surface area contributed by atoms with E-state index in [2.05, 4.69) is 20.7 Å². The highest BCUT2D eigenvalue weighted by Crippen LogP contribution is 2.36. The molecule has 0 spiro atoms. The number of amides is 1. The number of halogens is 1. The lowest BCUT2D eigenvalue weighted by atomic mass is 10.1. The molecular formula is C11H10BrNO3. The molecule has 1 aliphatic heterocycles. The Morgan fingerprint density at radius 1 is 1.50 bits per heavy atom. The number of rotatable bonds is 1. The predicted molar refractivity (Wildman–Crippen MR) is 62.6 cm³/mol. The van der Waals surface area contributed by atoms with Crippen LogP contribution in [0.1, 0.15) is 15.9 Å². The molecule has 0 unspecified atom stereocenters. The van der Waals surface area contributed by atoms with Gasteiger partial charge in [0, 0.05) is 11.5 Å². The van der Waals surface area contributed by atoms with E-state index in [4.69, 9.17) is 0 Å². The van der Waals surface area contributed by atoms with Gasteiger partial charge in [0.15, 0.2) is 0 Å². The molecule has 0 fully saturated rings. The van der Waals surface area contributed by atoms with Gasteiger partial charge in [-0.15, -0.1) is 0 Å². The van der Waals surface area contributed by atoms with E-state index in [9.17, 15) is 9.59 Å². The molecule has 1 heterocycles. The molecule has 0 atom stereocenters. The van der Waals surface area contributed by atoms with E-state index < -0.39 is 5.97 Å². The average Bonchev–Trinajstić information content (AvgIpc) is 2.54. The van der Waals surface area contributed by atoms with Crippen molar-refractivity contribution in [3.63, 3.8) is 0 Å². The first kappa shape index (κ1) is 11.1. The van der Waals surface area contributed by atoms with Gasteiger partial charge in [0.05, 0.1) is 24.8 Å². The van der Waals surface area contributed by atoms with Crippen molar-refractivity contribution in [2.24, 2.45) is 0 Å². The van der Waals surface area contributed by atoms with Crippen molar-refractivity contribution in [1.82, 2.24) is 0 Å². The predicted octanol–water partition coefficient (Wildman–Crippen LogP) is 1.75. The first-order valence-electron chi connectivity index (χ1n) is 4.72. The number of ether oxygens (including phenoxy) is 1. The maximum Gasteiger partial charge on any atom is 0.337 e. The fourth-order valence-corrected chi connectivity index (χ4v) is 2.58. The first-order chi connectivity index (χ1) is 7.54. The summed E-state index contributed by atoms with van der Waals surface area (Å²) in [5.41, 5.74) is 2.14. The molecule has 1 aromatic carbocycles. The number of carbonyl (C=O) groups excluding carboxylic acids is 2. The number of hydrogen-bond acceptors (Lipinski definition) is 3. The molecule has 16 heavy (non-hydrogen) atoms. The molecule has 2 rings (SSSR count). The van der Waals surface area contributed by atoms with Crippen LogP contribution in [-0.2, 0) is 16.0 Å². The van der Waals surface area contributed by atoms with E-state index in [1.54, 1.807) is 24.1 Å². The van der Waals surface area contributed by atoms with E-state index in [0.29, 0.717) is 12.0 Å². The Morgan fingerprint density at radius 2 is 2.19 bits per heavy atom. The topological polar surface area (TPSA) is 46.6 Å². The molecule has 0 aromatic heterocycles. The van der Waals surface area contributed by atoms with Crippen molar-refractivity contribution >= 4 is 33.5 Å². The number of nitrogens with zero attached hydrogens (tertiary/aromatic N) is 1. The van der Waals surface area contributed by atoms with E-state index in [1.807, 2.05) is 0 Å². The molecule has 84 valence electrons. The standard InChI is InChI=1S/C11H10BrNO3/c1-13-9(14)5-6-3-7(11(15)16-2)4-8(12)10(6)13/h3-4H,5H2,1-2H3. The number of carbonyl (C=O) groups is 2. The van der Waals surface area contributed by atoms with Crippen LogP contribution in [-0.4, -0.2) is 26.0 Å². The number of anilines is 1. The van der Waals surface area contributed by atoms with Crippen molar-refractivity contribution in [2.75, 3.05) is 19.1 Å². The number of fused-ring (bicyclic) bond motifs is 1. The minimum absolute atomic E-state index is 0.0257. The Morgan fingerprint density at radius 3 is 2.81 bits per heavy atom. The zero-order valence-electron chi connectivity index (χ0n) is 8.91. The third-order valence-electron chi connectivity index (χ3n) is 2.61. The van der Waals surface area contributed by atoms with Crippen LogP contribution in [0.4, 0.5) is 5.69 Å². The third kappa shape index (κ3) is 1.61. The summed E-state index contributed by atoms with van der Waals surface area (Å²) in [5.74, 6) is -0.372. The molecule has 0 saturated heterocycles. The van der Waals surface area contributed by atoms with Crippen LogP contribution in [0.3, 0.4) is 0 Å². The van der Waals surface area contributed by atoms with Gasteiger partial charge in [-0.3, -0.25) is 4.79 Å². The molecule has 0 aliphatic carbocycles. The van der Waals surface area contributed by atoms with Gasteiger partial charge in [-0.25, -0.2) is 4.79 Å². The molecule has 0 saturated carbocycles. The van der Waals surface area contributed by atoms with Crippen LogP contribution >= 0.6 is 15.9 Å². The Bertz CT molecular complexity index is 484. The number of esters is 1. The normalized spacial score (nSPS) is 13.9. The second-order valence-corrected chi connectivity index (χ2v) is 4.44. The smallest absolute Gasteiger partial charge is 0.337 e. The monoisotopic (exact) mass is 283 g/mol. The molecular weight excluding hydrogens is 274 g/mol. The summed E-state index contributed by atoms with van der Waals surface area (Å²) in [4.78, 5) is 24.5. The van der Waals surface area contributed by atoms with Gasteiger partial charge in [-0.2, -0.15) is 0 Å². The van der Waals surface area contributed by atoms with Crippen molar-refractivity contribution in [3.8, 4) is 0 Å². The summed E-state index contributed by atoms with van der Waals surface area (Å²) in [7, 11) is 3.05. The highest BCUT2D eigenvalue weighted by molar-refractivity contribution is 9.10. The summed E-state index contributed by atoms with van der Waals surface area (Å²) in [5, 5.41) is 0. The van der Waals surface area contributed by atoms with Crippen molar-refractivity contribution < 1.29 is 14.3 Å². The van der Waals surface area contributed by atoms with Crippen molar-refractivity contribution in [2.45, 2.75) is 6.42 Å². The van der Waals surface area contributed by atoms with Crippen LogP contribution in [0.5, 0.6) is 0 Å². The van der Waals surface area contributed by atoms with E-state index in [0.717, 1.165) is 15.7 Å². The van der Waals surface area contributed by atoms with Gasteiger partial charge in [0.2, 0.25) is 5.91 Å². The fourth-order valence-electron chi connectivity index (χ4n) is 1.81. The molecule has 0 N–H and O–H groups in total. The molecule has 1 aromatic rings. The number of likely N-dealkylation sites (N-methyl/N-ethyl adjacent to an activating group) is 1. The maximum absolute atomic E-state index is 11.5. The Kier molecular flexibility index (Phi) is 2.71. The minimum Gasteiger partial charge on any atom is -0.465 e. The molecule has 0 radical (unpaired) electrons. The lowest BCUT2D eigenvalue weighted by molar-refractivity contribution is -0.117. The van der Waals surface area contributed by atoms with Gasteiger partial charge in [-0.1, -0.05) is 0 Å². The van der Waals surface area contributed by atoms with E-state index in [1.165, 1.54) is 7.11 Å². The highest BCUT2D eigenvalue weighted by atomic mass is 79.9. The number of benzene rings is 1. The number of hydrogen-bond donors (Lipinski definition) is 0. The second-order valence-electron chi connectivity index (χ2n) is 3.59. The van der Waals surface area contributed by atoms with Crippen LogP contribution in [0.25, 0.3) is 0 Å². The summed E-state index contributed by atoms with van der Waals surface area (Å²) < 4.78 is 5.38. The van der Waals surface area contributed by atoms with Gasteiger partial charge < -0.3 is 9.64 Å². The average molecular weight is 284 g/mol. The molecule has 0 bridgehead atoms. The van der Waals surface area contributed by atoms with Crippen molar-refractivity contribution in [1.29, 1.82) is 0 Å². The largest absolute Gasteiger partial charge is 0.465 e. The van der Waals surface area contributed by atoms with Crippen molar-refractivity contribution in [3.05, 3.63) is 27.7 Å². The van der Waals surface area contributed by atoms with Gasteiger partial charge in [0.25, 0.3) is 0 Å². The summed E-state index contributed by atoms with van der Waals surface area (Å²) in [6.07, 6.45) is 0.329. The lowest BCUT2D eigenvalue weighted by Gasteiger charge is -2.12. The SMILES string of the molecule is COC(=O)c1cc(Br)c2c(c1)CC(=O)N2C. The second kappa shape index (κ2) is 3.90. The third-order valence-corrected chi connectivity index (χ3v) is 3.22. The zero-order valence-corrected chi connectivity index (χ0v) is 10.5. The Labute approximate surface area is 101 Å². The maximum atomic E-state index is 11.5. The zero-order chi connectivity index (χ0) is 11.9. The first-order valence-corrected chi connectivity index (χ1v) is 5.51. The summed E-state index contributed by atoms with van der Waals surface area (Å²) >= 11 is 3.36. The molecule has 1 amide bonds. The van der Waals surface area contributed by atoms with Crippen LogP contribution in [0.2, 0.25) is 0 Å². The molecule has 4 nitrogen and oxygen atoms in total.